The van der Waals surface area contributed by atoms with Gasteiger partial charge in [-0.05, 0) is 62.6 Å². The summed E-state index contributed by atoms with van der Waals surface area (Å²) in [5.74, 6) is 2.83. The summed E-state index contributed by atoms with van der Waals surface area (Å²) in [4.78, 5) is 17.3. The fourth-order valence-electron chi connectivity index (χ4n) is 3.81. The quantitative estimate of drug-likeness (QED) is 0.412. The number of carbonyl (C=O) groups excluding carboxylic acids is 1. The highest BCUT2D eigenvalue weighted by Crippen LogP contribution is 2.23. The highest BCUT2D eigenvalue weighted by atomic mass is 79.9. The molecule has 0 fully saturated rings. The molecule has 1 aliphatic heterocycles. The number of rotatable bonds is 5. The highest BCUT2D eigenvalue weighted by molar-refractivity contribution is 5.98. The van der Waals surface area contributed by atoms with E-state index in [1.54, 1.807) is 19.5 Å². The Labute approximate surface area is 181 Å². The number of hydrogen-bond acceptors (Lipinski definition) is 4. The van der Waals surface area contributed by atoms with E-state index >= 15 is 0 Å². The molecule has 7 heteroatoms. The van der Waals surface area contributed by atoms with Gasteiger partial charge in [0.25, 0.3) is 0 Å². The number of methoxy groups -OCH3 is 1. The molecule has 1 unspecified atom stereocenters. The van der Waals surface area contributed by atoms with Gasteiger partial charge in [0.2, 0.25) is 11.6 Å². The lowest BCUT2D eigenvalue weighted by Gasteiger charge is -2.09. The van der Waals surface area contributed by atoms with Gasteiger partial charge in [-0.3, -0.25) is 9.78 Å². The Bertz CT molecular complexity index is 970. The van der Waals surface area contributed by atoms with E-state index in [1.807, 2.05) is 48.0 Å². The van der Waals surface area contributed by atoms with Crippen molar-refractivity contribution in [2.24, 2.45) is 0 Å². The first-order chi connectivity index (χ1) is 13.7. The average Bonchev–Trinajstić information content (AvgIpc) is 2.94. The first-order valence-corrected chi connectivity index (χ1v) is 9.79. The molecule has 0 saturated carbocycles. The SMILES string of the molecule is COc1ccc(C(=O)C(C)n2nc(-c3ccncc3)[n+]3c2CCCCC3)cc1.[Br-]. The van der Waals surface area contributed by atoms with Gasteiger partial charge >= 0.3 is 5.82 Å². The molecule has 29 heavy (non-hydrogen) atoms. The van der Waals surface area contributed by atoms with E-state index in [4.69, 9.17) is 9.84 Å². The zero-order chi connectivity index (χ0) is 19.5. The van der Waals surface area contributed by atoms with Gasteiger partial charge in [-0.2, -0.15) is 0 Å². The lowest BCUT2D eigenvalue weighted by Crippen LogP contribution is -3.00. The van der Waals surface area contributed by atoms with Crippen molar-refractivity contribution in [3.8, 4) is 17.1 Å². The second-order valence-electron chi connectivity index (χ2n) is 7.15. The molecule has 1 atom stereocenters. The van der Waals surface area contributed by atoms with Crippen molar-refractivity contribution in [1.82, 2.24) is 14.8 Å². The summed E-state index contributed by atoms with van der Waals surface area (Å²) in [6, 6.07) is 10.8. The summed E-state index contributed by atoms with van der Waals surface area (Å²) in [5, 5.41) is 4.89. The monoisotopic (exact) mass is 456 g/mol. The minimum atomic E-state index is -0.372. The van der Waals surface area contributed by atoms with E-state index in [2.05, 4.69) is 9.55 Å². The Balaban J connectivity index is 0.00000240. The number of Topliss-reactive ketones (excluding diaryl/α,β-unsaturated/α-hetero) is 1. The molecule has 1 aliphatic rings. The van der Waals surface area contributed by atoms with Crippen LogP contribution >= 0.6 is 0 Å². The number of ketones is 1. The third-order valence-electron chi connectivity index (χ3n) is 5.38. The van der Waals surface area contributed by atoms with Gasteiger partial charge in [0.1, 0.15) is 5.75 Å². The molecule has 3 heterocycles. The fraction of sp³-hybridized carbons (Fsp3) is 0.364. The predicted molar refractivity (Wildman–Crippen MR) is 105 cm³/mol. The van der Waals surface area contributed by atoms with Crippen LogP contribution in [0.3, 0.4) is 0 Å². The molecule has 0 bridgehead atoms. The molecule has 2 aromatic heterocycles. The summed E-state index contributed by atoms with van der Waals surface area (Å²) in [6.07, 6.45) is 7.93. The second kappa shape index (κ2) is 9.31. The van der Waals surface area contributed by atoms with Crippen LogP contribution in [-0.2, 0) is 13.0 Å². The Hall–Kier alpha value is -2.54. The maximum absolute atomic E-state index is 13.1. The zero-order valence-corrected chi connectivity index (χ0v) is 18.3. The molecular formula is C22H25BrN4O2. The Morgan fingerprint density at radius 1 is 1.10 bits per heavy atom. The first kappa shape index (κ1) is 21.2. The van der Waals surface area contributed by atoms with E-state index in [0.29, 0.717) is 5.56 Å². The van der Waals surface area contributed by atoms with Gasteiger partial charge in [0.15, 0.2) is 6.04 Å². The average molecular weight is 457 g/mol. The maximum Gasteiger partial charge on any atom is 0.309 e. The molecule has 0 spiro atoms. The minimum Gasteiger partial charge on any atom is -1.00 e. The summed E-state index contributed by atoms with van der Waals surface area (Å²) in [6.45, 7) is 2.86. The maximum atomic E-state index is 13.1. The first-order valence-electron chi connectivity index (χ1n) is 9.79. The van der Waals surface area contributed by atoms with Crippen molar-refractivity contribution in [3.63, 3.8) is 0 Å². The van der Waals surface area contributed by atoms with Crippen LogP contribution < -0.4 is 26.3 Å². The summed E-state index contributed by atoms with van der Waals surface area (Å²) in [7, 11) is 1.62. The largest absolute Gasteiger partial charge is 1.00 e. The van der Waals surface area contributed by atoms with E-state index in [0.717, 1.165) is 48.8 Å². The summed E-state index contributed by atoms with van der Waals surface area (Å²) < 4.78 is 9.40. The zero-order valence-electron chi connectivity index (χ0n) is 16.7. The van der Waals surface area contributed by atoms with Crippen LogP contribution in [0.25, 0.3) is 11.4 Å². The number of halogens is 1. The lowest BCUT2D eigenvalue weighted by atomic mass is 10.1. The number of carbonyl (C=O) groups is 1. The minimum absolute atomic E-state index is 0. The number of nitrogens with zero attached hydrogens (tertiary/aromatic N) is 4. The summed E-state index contributed by atoms with van der Waals surface area (Å²) >= 11 is 0. The molecule has 3 aromatic rings. The van der Waals surface area contributed by atoms with Crippen molar-refractivity contribution in [3.05, 3.63) is 60.2 Å². The molecule has 0 saturated heterocycles. The van der Waals surface area contributed by atoms with Crippen molar-refractivity contribution in [2.75, 3.05) is 7.11 Å². The highest BCUT2D eigenvalue weighted by Gasteiger charge is 2.33. The normalized spacial score (nSPS) is 14.3. The van der Waals surface area contributed by atoms with Gasteiger partial charge < -0.3 is 21.7 Å². The van der Waals surface area contributed by atoms with Crippen LogP contribution in [0.2, 0.25) is 0 Å². The van der Waals surface area contributed by atoms with Crippen molar-refractivity contribution < 1.29 is 31.1 Å². The Kier molecular flexibility index (Phi) is 6.79. The van der Waals surface area contributed by atoms with Gasteiger partial charge in [-0.1, -0.05) is 0 Å². The second-order valence-corrected chi connectivity index (χ2v) is 7.15. The molecule has 0 radical (unpaired) electrons. The molecule has 0 aliphatic carbocycles. The fourth-order valence-corrected chi connectivity index (χ4v) is 3.81. The van der Waals surface area contributed by atoms with Gasteiger partial charge in [-0.15, -0.1) is 4.68 Å². The van der Waals surface area contributed by atoms with Crippen LogP contribution in [0.4, 0.5) is 0 Å². The van der Waals surface area contributed by atoms with Gasteiger partial charge in [-0.25, -0.2) is 4.57 Å². The molecule has 152 valence electrons. The number of aromatic nitrogens is 4. The predicted octanol–water partition coefficient (Wildman–Crippen LogP) is 0.416. The topological polar surface area (TPSA) is 60.9 Å². The van der Waals surface area contributed by atoms with Crippen molar-refractivity contribution >= 4 is 5.78 Å². The van der Waals surface area contributed by atoms with Crippen LogP contribution in [0.1, 0.15) is 48.4 Å². The molecule has 1 aromatic carbocycles. The van der Waals surface area contributed by atoms with E-state index < -0.39 is 0 Å². The number of hydrogen-bond donors (Lipinski definition) is 0. The van der Waals surface area contributed by atoms with Crippen LogP contribution in [0, 0.1) is 0 Å². The van der Waals surface area contributed by atoms with Crippen molar-refractivity contribution in [2.45, 2.75) is 45.2 Å². The lowest BCUT2D eigenvalue weighted by molar-refractivity contribution is -0.693. The molecule has 4 rings (SSSR count). The number of ether oxygens (including phenoxy) is 1. The van der Waals surface area contributed by atoms with E-state index in [9.17, 15) is 4.79 Å². The molecule has 0 N–H and O–H groups in total. The third kappa shape index (κ3) is 4.24. The number of fused-ring (bicyclic) bond motifs is 1. The van der Waals surface area contributed by atoms with Crippen LogP contribution in [0.15, 0.2) is 48.8 Å². The van der Waals surface area contributed by atoms with Crippen molar-refractivity contribution in [1.29, 1.82) is 0 Å². The third-order valence-corrected chi connectivity index (χ3v) is 5.38. The van der Waals surface area contributed by atoms with Crippen LogP contribution in [-0.4, -0.2) is 27.7 Å². The molecule has 6 nitrogen and oxygen atoms in total. The van der Waals surface area contributed by atoms with E-state index in [-0.39, 0.29) is 28.8 Å². The summed E-state index contributed by atoms with van der Waals surface area (Å²) in [5.41, 5.74) is 1.70. The van der Waals surface area contributed by atoms with Crippen LogP contribution in [0.5, 0.6) is 5.75 Å². The smallest absolute Gasteiger partial charge is 0.309 e. The number of pyridine rings is 1. The van der Waals surface area contributed by atoms with Gasteiger partial charge in [0.05, 0.1) is 19.2 Å². The molecular weight excluding hydrogens is 432 g/mol. The Morgan fingerprint density at radius 2 is 1.83 bits per heavy atom. The Morgan fingerprint density at radius 3 is 2.52 bits per heavy atom. The van der Waals surface area contributed by atoms with E-state index in [1.165, 1.54) is 6.42 Å². The van der Waals surface area contributed by atoms with Gasteiger partial charge in [0, 0.05) is 29.5 Å². The molecule has 0 amide bonds. The number of benzene rings is 1. The standard InChI is InChI=1S/C22H25N4O2.BrH/c1-16(21(27)17-7-9-19(28-2)10-8-17)26-20-6-4-3-5-15-25(20)22(24-26)18-11-13-23-14-12-18;/h7-14,16H,3-6,15H2,1-2H3;1H/q+1;/p-1.